The van der Waals surface area contributed by atoms with Crippen LogP contribution >= 0.6 is 7.82 Å². The Morgan fingerprint density at radius 1 is 0.745 bits per heavy atom. The lowest BCUT2D eigenvalue weighted by atomic mass is 10.0. The van der Waals surface area contributed by atoms with Gasteiger partial charge in [0, 0.05) is 6.42 Å². The number of quaternary nitrogens is 1. The third-order valence-corrected chi connectivity index (χ3v) is 9.41. The number of nitrogens with zero attached hydrogens (tertiary/aromatic N) is 1. The summed E-state index contributed by atoms with van der Waals surface area (Å²) in [5.41, 5.74) is 0. The van der Waals surface area contributed by atoms with E-state index in [4.69, 9.17) is 9.05 Å². The summed E-state index contributed by atoms with van der Waals surface area (Å²) in [5.74, 6) is -0.178. The first kappa shape index (κ1) is 46.0. The molecule has 0 aliphatic heterocycles. The number of likely N-dealkylation sites (N-methyl/N-ethyl adjacent to an activating group) is 1. The molecule has 2 N–H and O–H groups in total. The maximum absolute atomic E-state index is 12.8. The zero-order valence-corrected chi connectivity index (χ0v) is 32.1. The van der Waals surface area contributed by atoms with Crippen molar-refractivity contribution >= 4 is 13.7 Å². The van der Waals surface area contributed by atoms with Crippen LogP contribution in [-0.2, 0) is 18.4 Å². The number of phosphoric acid groups is 1. The fourth-order valence-electron chi connectivity index (χ4n) is 5.30. The van der Waals surface area contributed by atoms with Gasteiger partial charge in [-0.15, -0.1) is 0 Å². The smallest absolute Gasteiger partial charge is 0.268 e. The number of allylic oxidation sites excluding steroid dienone is 4. The van der Waals surface area contributed by atoms with Crippen LogP contribution in [0.4, 0.5) is 0 Å². The van der Waals surface area contributed by atoms with Gasteiger partial charge >= 0.3 is 0 Å². The molecule has 0 aliphatic rings. The van der Waals surface area contributed by atoms with Crippen LogP contribution < -0.4 is 10.2 Å². The minimum atomic E-state index is -4.55. The predicted octanol–water partition coefficient (Wildman–Crippen LogP) is 9.16. The van der Waals surface area contributed by atoms with E-state index in [1.54, 1.807) is 0 Å². The van der Waals surface area contributed by atoms with E-state index in [0.29, 0.717) is 23.9 Å². The van der Waals surface area contributed by atoms with Gasteiger partial charge in [0.1, 0.15) is 13.2 Å². The van der Waals surface area contributed by atoms with E-state index in [9.17, 15) is 19.4 Å². The second-order valence-electron chi connectivity index (χ2n) is 14.3. The lowest BCUT2D eigenvalue weighted by molar-refractivity contribution is -0.870. The van der Waals surface area contributed by atoms with Gasteiger partial charge in [0.15, 0.2) is 0 Å². The molecule has 0 aliphatic carbocycles. The Morgan fingerprint density at radius 2 is 1.23 bits per heavy atom. The van der Waals surface area contributed by atoms with E-state index in [1.165, 1.54) is 83.5 Å². The number of phosphoric ester groups is 1. The topological polar surface area (TPSA) is 108 Å². The maximum Gasteiger partial charge on any atom is 0.268 e. The minimum absolute atomic E-state index is 0.0102. The van der Waals surface area contributed by atoms with Gasteiger partial charge < -0.3 is 28.8 Å². The van der Waals surface area contributed by atoms with Gasteiger partial charge in [0.25, 0.3) is 7.82 Å². The summed E-state index contributed by atoms with van der Waals surface area (Å²) < 4.78 is 23.1. The number of amides is 1. The molecule has 47 heavy (non-hydrogen) atoms. The molecule has 3 atom stereocenters. The summed E-state index contributed by atoms with van der Waals surface area (Å²) >= 11 is 0. The molecule has 0 aromatic rings. The first-order valence-electron chi connectivity index (χ1n) is 19.2. The Labute approximate surface area is 290 Å². The number of hydrogen-bond acceptors (Lipinski definition) is 6. The highest BCUT2D eigenvalue weighted by Gasteiger charge is 2.24. The van der Waals surface area contributed by atoms with E-state index in [1.807, 2.05) is 21.1 Å². The maximum atomic E-state index is 12.8. The first-order valence-corrected chi connectivity index (χ1v) is 20.6. The summed E-state index contributed by atoms with van der Waals surface area (Å²) in [7, 11) is 1.29. The molecule has 0 saturated carbocycles. The van der Waals surface area contributed by atoms with Crippen molar-refractivity contribution in [1.29, 1.82) is 0 Å². The Kier molecular flexibility index (Phi) is 30.3. The molecule has 0 aromatic heterocycles. The first-order chi connectivity index (χ1) is 22.5. The standard InChI is InChI=1S/C38H75N2O6P/c1-6-8-10-12-14-16-17-18-19-20-21-22-23-24-26-28-30-32-38(42)39-36(35-46-47(43,44)45-34-33-40(3,4)5)37(41)31-29-27-25-15-13-11-9-7-2/h14,16,18-19,36-37,41H,6-13,15,17,20-35H2,1-5H3,(H-,39,42,43,44)/b16-14-,19-18-. The third-order valence-electron chi connectivity index (χ3n) is 8.44. The van der Waals surface area contributed by atoms with Crippen molar-refractivity contribution in [1.82, 2.24) is 5.32 Å². The second kappa shape index (κ2) is 31.0. The van der Waals surface area contributed by atoms with E-state index < -0.39 is 20.0 Å². The monoisotopic (exact) mass is 687 g/mol. The van der Waals surface area contributed by atoms with E-state index in [0.717, 1.165) is 51.4 Å². The van der Waals surface area contributed by atoms with Crippen molar-refractivity contribution in [2.75, 3.05) is 40.9 Å². The normalized spacial score (nSPS) is 15.0. The van der Waals surface area contributed by atoms with Crippen LogP contribution in [0, 0.1) is 0 Å². The highest BCUT2D eigenvalue weighted by Crippen LogP contribution is 2.38. The van der Waals surface area contributed by atoms with Crippen molar-refractivity contribution in [3.8, 4) is 0 Å². The minimum Gasteiger partial charge on any atom is -0.756 e. The van der Waals surface area contributed by atoms with E-state index in [2.05, 4.69) is 43.5 Å². The van der Waals surface area contributed by atoms with Crippen LogP contribution in [0.3, 0.4) is 0 Å². The molecule has 8 nitrogen and oxygen atoms in total. The molecular weight excluding hydrogens is 611 g/mol. The van der Waals surface area contributed by atoms with E-state index >= 15 is 0 Å². The molecule has 0 heterocycles. The number of rotatable bonds is 34. The molecular formula is C38H75N2O6P. The van der Waals surface area contributed by atoms with Crippen LogP contribution in [0.1, 0.15) is 162 Å². The van der Waals surface area contributed by atoms with Gasteiger partial charge in [-0.2, -0.15) is 0 Å². The van der Waals surface area contributed by atoms with Crippen molar-refractivity contribution in [2.45, 2.75) is 174 Å². The number of aliphatic hydroxyl groups excluding tert-OH is 1. The van der Waals surface area contributed by atoms with Crippen LogP contribution in [-0.4, -0.2) is 68.5 Å². The quantitative estimate of drug-likeness (QED) is 0.0303. The predicted molar refractivity (Wildman–Crippen MR) is 196 cm³/mol. The summed E-state index contributed by atoms with van der Waals surface area (Å²) in [4.78, 5) is 25.1. The fraction of sp³-hybridized carbons (Fsp3) is 0.868. The van der Waals surface area contributed by atoms with Crippen molar-refractivity contribution in [2.24, 2.45) is 0 Å². The van der Waals surface area contributed by atoms with Gasteiger partial charge in [-0.1, -0.05) is 134 Å². The fourth-order valence-corrected chi connectivity index (χ4v) is 6.03. The van der Waals surface area contributed by atoms with Crippen LogP contribution in [0.5, 0.6) is 0 Å². The van der Waals surface area contributed by atoms with Crippen molar-refractivity contribution < 1.29 is 32.9 Å². The Morgan fingerprint density at radius 3 is 1.81 bits per heavy atom. The van der Waals surface area contributed by atoms with Gasteiger partial charge in [-0.25, -0.2) is 0 Å². The van der Waals surface area contributed by atoms with Crippen LogP contribution in [0.15, 0.2) is 24.3 Å². The lowest BCUT2D eigenvalue weighted by Crippen LogP contribution is -2.46. The third kappa shape index (κ3) is 33.3. The number of aliphatic hydroxyl groups is 1. The molecule has 0 bridgehead atoms. The van der Waals surface area contributed by atoms with Gasteiger partial charge in [-0.05, 0) is 44.9 Å². The highest BCUT2D eigenvalue weighted by molar-refractivity contribution is 7.45. The summed E-state index contributed by atoms with van der Waals surface area (Å²) in [5, 5.41) is 13.7. The number of nitrogens with one attached hydrogen (secondary N) is 1. The average molecular weight is 687 g/mol. The van der Waals surface area contributed by atoms with Gasteiger partial charge in [-0.3, -0.25) is 9.36 Å². The molecule has 0 spiro atoms. The molecule has 9 heteroatoms. The lowest BCUT2D eigenvalue weighted by Gasteiger charge is -2.30. The highest BCUT2D eigenvalue weighted by atomic mass is 31.2. The Balaban J connectivity index is 4.37. The number of hydrogen-bond donors (Lipinski definition) is 2. The molecule has 3 unspecified atom stereocenters. The zero-order chi connectivity index (χ0) is 35.1. The van der Waals surface area contributed by atoms with Crippen molar-refractivity contribution in [3.05, 3.63) is 24.3 Å². The Bertz CT molecular complexity index is 829. The van der Waals surface area contributed by atoms with Gasteiger partial charge in [0.2, 0.25) is 5.91 Å². The molecule has 0 rings (SSSR count). The van der Waals surface area contributed by atoms with Gasteiger partial charge in [0.05, 0.1) is 39.9 Å². The molecule has 278 valence electrons. The summed E-state index contributed by atoms with van der Waals surface area (Å²) in [6.45, 7) is 4.63. The molecule has 0 radical (unpaired) electrons. The molecule has 1 amide bonds. The average Bonchev–Trinajstić information content (AvgIpc) is 3.01. The number of carbonyl (C=O) groups excluding carboxylic acids is 1. The SMILES string of the molecule is CCCCC/C=C\C/C=C\CCCCCCCCCC(=O)NC(COP(=O)([O-])OCC[N+](C)(C)C)C(O)CCCCCCCCCC. The number of carbonyl (C=O) groups is 1. The summed E-state index contributed by atoms with van der Waals surface area (Å²) in [6, 6.07) is -0.799. The Hall–Kier alpha value is -1.02. The van der Waals surface area contributed by atoms with Crippen LogP contribution in [0.2, 0.25) is 0 Å². The second-order valence-corrected chi connectivity index (χ2v) is 15.7. The molecule has 0 aromatic carbocycles. The number of unbranched alkanes of at least 4 members (excludes halogenated alkanes) is 17. The zero-order valence-electron chi connectivity index (χ0n) is 31.2. The summed E-state index contributed by atoms with van der Waals surface area (Å²) in [6.07, 6.45) is 33.2. The molecule has 0 saturated heterocycles. The van der Waals surface area contributed by atoms with Crippen molar-refractivity contribution in [3.63, 3.8) is 0 Å². The molecule has 0 fully saturated rings. The van der Waals surface area contributed by atoms with Crippen LogP contribution in [0.25, 0.3) is 0 Å². The largest absolute Gasteiger partial charge is 0.756 e. The van der Waals surface area contributed by atoms with E-state index in [-0.39, 0.29) is 19.1 Å².